The SMILES string of the molecule is COCCN1C(=O)/C(=C/c2ccc(OCc3ccccc3C#N)c(Br)c2)SC1=Nc1ccc(OC)cc1. The van der Waals surface area contributed by atoms with E-state index in [2.05, 4.69) is 27.0 Å². The van der Waals surface area contributed by atoms with Gasteiger partial charge >= 0.3 is 0 Å². The van der Waals surface area contributed by atoms with Crippen molar-refractivity contribution >= 4 is 50.5 Å². The lowest BCUT2D eigenvalue weighted by atomic mass is 10.1. The fraction of sp³-hybridized carbons (Fsp3) is 0.179. The van der Waals surface area contributed by atoms with Crippen LogP contribution in [0.25, 0.3) is 6.08 Å². The highest BCUT2D eigenvalue weighted by atomic mass is 79.9. The van der Waals surface area contributed by atoms with Crippen molar-refractivity contribution in [1.82, 2.24) is 4.90 Å². The molecule has 0 aliphatic carbocycles. The maximum absolute atomic E-state index is 13.2. The summed E-state index contributed by atoms with van der Waals surface area (Å²) in [5.41, 5.74) is 2.96. The van der Waals surface area contributed by atoms with Gasteiger partial charge in [0.1, 0.15) is 18.1 Å². The van der Waals surface area contributed by atoms with E-state index in [1.807, 2.05) is 66.7 Å². The molecule has 9 heteroatoms. The molecular weight excluding hydrogens is 554 g/mol. The third-order valence-electron chi connectivity index (χ3n) is 5.48. The Morgan fingerprint density at radius 3 is 2.59 bits per heavy atom. The van der Waals surface area contributed by atoms with Crippen LogP contribution >= 0.6 is 27.7 Å². The highest BCUT2D eigenvalue weighted by molar-refractivity contribution is 9.10. The predicted molar refractivity (Wildman–Crippen MR) is 149 cm³/mol. The first-order chi connectivity index (χ1) is 18.0. The van der Waals surface area contributed by atoms with Crippen LogP contribution in [0.5, 0.6) is 11.5 Å². The Bertz CT molecular complexity index is 1380. The molecule has 188 valence electrons. The molecule has 37 heavy (non-hydrogen) atoms. The Morgan fingerprint density at radius 1 is 1.11 bits per heavy atom. The highest BCUT2D eigenvalue weighted by Gasteiger charge is 2.33. The molecule has 0 N–H and O–H groups in total. The molecule has 3 aromatic rings. The number of carbonyl (C=O) groups excluding carboxylic acids is 1. The first-order valence-electron chi connectivity index (χ1n) is 11.4. The van der Waals surface area contributed by atoms with Crippen molar-refractivity contribution in [3.63, 3.8) is 0 Å². The van der Waals surface area contributed by atoms with Gasteiger partial charge in [0.2, 0.25) is 0 Å². The van der Waals surface area contributed by atoms with Crippen molar-refractivity contribution < 1.29 is 19.0 Å². The molecule has 0 bridgehead atoms. The van der Waals surface area contributed by atoms with Gasteiger partial charge in [-0.25, -0.2) is 4.99 Å². The number of thioether (sulfide) groups is 1. The van der Waals surface area contributed by atoms with Gasteiger partial charge in [-0.2, -0.15) is 5.26 Å². The zero-order valence-corrected chi connectivity index (χ0v) is 22.7. The molecule has 1 aliphatic heterocycles. The summed E-state index contributed by atoms with van der Waals surface area (Å²) in [7, 11) is 3.21. The van der Waals surface area contributed by atoms with Crippen LogP contribution in [-0.2, 0) is 16.1 Å². The van der Waals surface area contributed by atoms with Gasteiger partial charge in [0.15, 0.2) is 5.17 Å². The first kappa shape index (κ1) is 26.5. The van der Waals surface area contributed by atoms with Crippen LogP contribution in [0.2, 0.25) is 0 Å². The molecule has 1 heterocycles. The number of aliphatic imine (C=N–C) groups is 1. The molecule has 1 fully saturated rings. The molecule has 0 atom stereocenters. The van der Waals surface area contributed by atoms with Crippen molar-refractivity contribution in [1.29, 1.82) is 5.26 Å². The number of halogens is 1. The first-order valence-corrected chi connectivity index (χ1v) is 13.0. The maximum Gasteiger partial charge on any atom is 0.266 e. The zero-order chi connectivity index (χ0) is 26.2. The highest BCUT2D eigenvalue weighted by Crippen LogP contribution is 2.35. The Labute approximate surface area is 228 Å². The molecule has 0 saturated carbocycles. The van der Waals surface area contributed by atoms with Crippen molar-refractivity contribution in [3.8, 4) is 17.6 Å². The molecule has 1 saturated heterocycles. The van der Waals surface area contributed by atoms with E-state index in [4.69, 9.17) is 14.2 Å². The van der Waals surface area contributed by atoms with Gasteiger partial charge in [0.25, 0.3) is 5.91 Å². The Hall–Kier alpha value is -3.58. The number of hydrogen-bond acceptors (Lipinski definition) is 7. The van der Waals surface area contributed by atoms with E-state index in [0.717, 1.165) is 27.0 Å². The lowest BCUT2D eigenvalue weighted by Gasteiger charge is -2.14. The van der Waals surface area contributed by atoms with E-state index in [1.54, 1.807) is 25.2 Å². The molecule has 1 amide bonds. The predicted octanol–water partition coefficient (Wildman–Crippen LogP) is 6.16. The van der Waals surface area contributed by atoms with Gasteiger partial charge in [-0.3, -0.25) is 9.69 Å². The number of nitriles is 1. The summed E-state index contributed by atoms with van der Waals surface area (Å²) in [4.78, 5) is 20.1. The molecule has 4 rings (SSSR count). The summed E-state index contributed by atoms with van der Waals surface area (Å²) < 4.78 is 17.1. The maximum atomic E-state index is 13.2. The minimum atomic E-state index is -0.126. The summed E-state index contributed by atoms with van der Waals surface area (Å²) in [6.07, 6.45) is 1.84. The lowest BCUT2D eigenvalue weighted by Crippen LogP contribution is -2.32. The molecule has 7 nitrogen and oxygen atoms in total. The number of carbonyl (C=O) groups is 1. The van der Waals surface area contributed by atoms with Gasteiger partial charge in [0, 0.05) is 12.7 Å². The standard InChI is InChI=1S/C28H24BrN3O4S/c1-34-14-13-32-27(33)26(37-28(32)31-22-8-10-23(35-2)11-9-22)16-19-7-12-25(24(29)15-19)36-18-21-6-4-3-5-20(21)17-30/h3-12,15-16H,13-14,18H2,1-2H3/b26-16-,31-28?. The van der Waals surface area contributed by atoms with Crippen molar-refractivity contribution in [2.24, 2.45) is 4.99 Å². The second-order valence-electron chi connectivity index (χ2n) is 7.90. The van der Waals surface area contributed by atoms with Crippen molar-refractivity contribution in [3.05, 3.63) is 92.8 Å². The number of hydrogen-bond donors (Lipinski definition) is 0. The third kappa shape index (κ3) is 6.60. The monoisotopic (exact) mass is 577 g/mol. The van der Waals surface area contributed by atoms with Crippen molar-refractivity contribution in [2.75, 3.05) is 27.4 Å². The largest absolute Gasteiger partial charge is 0.497 e. The second kappa shape index (κ2) is 12.6. The van der Waals surface area contributed by atoms with Crippen LogP contribution < -0.4 is 9.47 Å². The van der Waals surface area contributed by atoms with E-state index < -0.39 is 0 Å². The van der Waals surface area contributed by atoms with Crippen LogP contribution in [0.3, 0.4) is 0 Å². The van der Waals surface area contributed by atoms with E-state index >= 15 is 0 Å². The summed E-state index contributed by atoms with van der Waals surface area (Å²) in [5.74, 6) is 1.26. The van der Waals surface area contributed by atoms with Gasteiger partial charge < -0.3 is 14.2 Å². The number of methoxy groups -OCH3 is 2. The zero-order valence-electron chi connectivity index (χ0n) is 20.3. The minimum Gasteiger partial charge on any atom is -0.497 e. The number of amides is 1. The average molecular weight is 578 g/mol. The normalized spacial score (nSPS) is 15.3. The Morgan fingerprint density at radius 2 is 1.89 bits per heavy atom. The van der Waals surface area contributed by atoms with E-state index in [1.165, 1.54) is 11.8 Å². The third-order valence-corrected chi connectivity index (χ3v) is 7.11. The number of benzene rings is 3. The van der Waals surface area contributed by atoms with Crippen molar-refractivity contribution in [2.45, 2.75) is 6.61 Å². The van der Waals surface area contributed by atoms with Crippen LogP contribution in [0.1, 0.15) is 16.7 Å². The summed E-state index contributed by atoms with van der Waals surface area (Å²) >= 11 is 4.88. The average Bonchev–Trinajstić information content (AvgIpc) is 3.20. The molecule has 0 radical (unpaired) electrons. The topological polar surface area (TPSA) is 84.1 Å². The van der Waals surface area contributed by atoms with Crippen LogP contribution in [0.4, 0.5) is 5.69 Å². The van der Waals surface area contributed by atoms with Gasteiger partial charge in [-0.1, -0.05) is 24.3 Å². The number of rotatable bonds is 9. The van der Waals surface area contributed by atoms with Gasteiger partial charge in [0.05, 0.1) is 47.0 Å². The molecule has 3 aromatic carbocycles. The quantitative estimate of drug-likeness (QED) is 0.283. The minimum absolute atomic E-state index is 0.126. The second-order valence-corrected chi connectivity index (χ2v) is 9.76. The molecule has 0 spiro atoms. The summed E-state index contributed by atoms with van der Waals surface area (Å²) in [6, 6.07) is 22.5. The fourth-order valence-electron chi connectivity index (χ4n) is 3.52. The van der Waals surface area contributed by atoms with E-state index in [0.29, 0.717) is 34.5 Å². The summed E-state index contributed by atoms with van der Waals surface area (Å²) in [5, 5.41) is 9.87. The Balaban J connectivity index is 1.53. The molecular formula is C28H24BrN3O4S. The van der Waals surface area contributed by atoms with E-state index in [9.17, 15) is 10.1 Å². The van der Waals surface area contributed by atoms with Crippen LogP contribution in [0.15, 0.2) is 81.1 Å². The molecule has 1 aliphatic rings. The lowest BCUT2D eigenvalue weighted by molar-refractivity contribution is -0.122. The fourth-order valence-corrected chi connectivity index (χ4v) is 5.06. The smallest absolute Gasteiger partial charge is 0.266 e. The number of amidine groups is 1. The van der Waals surface area contributed by atoms with Crippen LogP contribution in [0, 0.1) is 11.3 Å². The van der Waals surface area contributed by atoms with Gasteiger partial charge in [-0.05, 0) is 81.8 Å². The van der Waals surface area contributed by atoms with E-state index in [-0.39, 0.29) is 12.5 Å². The Kier molecular flexibility index (Phi) is 9.01. The summed E-state index contributed by atoms with van der Waals surface area (Å²) in [6.45, 7) is 1.07. The number of ether oxygens (including phenoxy) is 3. The molecule has 0 aromatic heterocycles. The number of nitrogens with zero attached hydrogens (tertiary/aromatic N) is 3. The van der Waals surface area contributed by atoms with Gasteiger partial charge in [-0.15, -0.1) is 0 Å². The van der Waals surface area contributed by atoms with Crippen LogP contribution in [-0.4, -0.2) is 43.3 Å². The molecule has 0 unspecified atom stereocenters.